The predicted molar refractivity (Wildman–Crippen MR) is 64.3 cm³/mol. The zero-order chi connectivity index (χ0) is 10.4. The lowest BCUT2D eigenvalue weighted by Crippen LogP contribution is -2.21. The lowest BCUT2D eigenvalue weighted by Gasteiger charge is -2.20. The Balaban J connectivity index is 1.75. The van der Waals surface area contributed by atoms with E-state index in [-0.39, 0.29) is 0 Å². The standard InChI is InChI=1S/C14H19N/c1-10(2)11-3-5-14(6-4-11)15-8-12-7-13(12)9-15/h3-6,10,12-13H,7-9H2,1-2H3. The molecule has 15 heavy (non-hydrogen) atoms. The summed E-state index contributed by atoms with van der Waals surface area (Å²) in [7, 11) is 0. The number of hydrogen-bond donors (Lipinski definition) is 0. The summed E-state index contributed by atoms with van der Waals surface area (Å²) in [6.07, 6.45) is 1.49. The molecule has 80 valence electrons. The van der Waals surface area contributed by atoms with Crippen molar-refractivity contribution >= 4 is 5.69 Å². The highest BCUT2D eigenvalue weighted by molar-refractivity contribution is 5.50. The van der Waals surface area contributed by atoms with Gasteiger partial charge in [0, 0.05) is 18.8 Å². The van der Waals surface area contributed by atoms with E-state index >= 15 is 0 Å². The van der Waals surface area contributed by atoms with Gasteiger partial charge in [-0.15, -0.1) is 0 Å². The molecule has 0 radical (unpaired) electrons. The summed E-state index contributed by atoms with van der Waals surface area (Å²) < 4.78 is 0. The first-order valence-electron chi connectivity index (χ1n) is 6.09. The third-order valence-corrected chi connectivity index (χ3v) is 3.90. The van der Waals surface area contributed by atoms with E-state index in [2.05, 4.69) is 43.0 Å². The number of hydrogen-bond acceptors (Lipinski definition) is 1. The summed E-state index contributed by atoms with van der Waals surface area (Å²) in [5.41, 5.74) is 2.87. The van der Waals surface area contributed by atoms with Crippen LogP contribution in [0.4, 0.5) is 5.69 Å². The highest BCUT2D eigenvalue weighted by Crippen LogP contribution is 2.46. The smallest absolute Gasteiger partial charge is 0.0366 e. The molecule has 3 rings (SSSR count). The second-order valence-electron chi connectivity index (χ2n) is 5.41. The van der Waals surface area contributed by atoms with E-state index in [0.29, 0.717) is 5.92 Å². The Kier molecular flexibility index (Phi) is 2.01. The van der Waals surface area contributed by atoms with Gasteiger partial charge >= 0.3 is 0 Å². The Morgan fingerprint density at radius 1 is 1.07 bits per heavy atom. The van der Waals surface area contributed by atoms with Gasteiger partial charge < -0.3 is 4.90 Å². The van der Waals surface area contributed by atoms with Crippen molar-refractivity contribution in [1.29, 1.82) is 0 Å². The molecule has 0 aromatic heterocycles. The minimum absolute atomic E-state index is 0.644. The molecule has 0 spiro atoms. The topological polar surface area (TPSA) is 3.24 Å². The van der Waals surface area contributed by atoms with Gasteiger partial charge in [0.25, 0.3) is 0 Å². The first-order valence-corrected chi connectivity index (χ1v) is 6.09. The van der Waals surface area contributed by atoms with Gasteiger partial charge in [0.1, 0.15) is 0 Å². The molecule has 2 fully saturated rings. The Morgan fingerprint density at radius 3 is 2.20 bits per heavy atom. The van der Waals surface area contributed by atoms with Crippen molar-refractivity contribution in [1.82, 2.24) is 0 Å². The maximum atomic E-state index is 2.54. The van der Waals surface area contributed by atoms with Crippen LogP contribution in [0.3, 0.4) is 0 Å². The van der Waals surface area contributed by atoms with Crippen molar-refractivity contribution in [2.75, 3.05) is 18.0 Å². The second kappa shape index (κ2) is 3.26. The molecule has 1 aromatic carbocycles. The second-order valence-corrected chi connectivity index (χ2v) is 5.41. The molecule has 2 atom stereocenters. The maximum absolute atomic E-state index is 2.54. The van der Waals surface area contributed by atoms with E-state index in [1.165, 1.54) is 30.8 Å². The number of anilines is 1. The molecule has 1 saturated heterocycles. The van der Waals surface area contributed by atoms with E-state index in [0.717, 1.165) is 11.8 Å². The van der Waals surface area contributed by atoms with Crippen LogP contribution in [0.1, 0.15) is 31.7 Å². The third-order valence-electron chi connectivity index (χ3n) is 3.90. The molecule has 2 unspecified atom stereocenters. The summed E-state index contributed by atoms with van der Waals surface area (Å²) in [6.45, 7) is 7.09. The summed E-state index contributed by atoms with van der Waals surface area (Å²) >= 11 is 0. The monoisotopic (exact) mass is 201 g/mol. The van der Waals surface area contributed by atoms with Crippen molar-refractivity contribution in [3.05, 3.63) is 29.8 Å². The quantitative estimate of drug-likeness (QED) is 0.710. The first kappa shape index (κ1) is 9.26. The summed E-state index contributed by atoms with van der Waals surface area (Å²) in [4.78, 5) is 2.54. The summed E-state index contributed by atoms with van der Waals surface area (Å²) in [6, 6.07) is 9.15. The average molecular weight is 201 g/mol. The average Bonchev–Trinajstić information content (AvgIpc) is 2.86. The van der Waals surface area contributed by atoms with E-state index in [9.17, 15) is 0 Å². The van der Waals surface area contributed by atoms with Gasteiger partial charge in [0.05, 0.1) is 0 Å². The Hall–Kier alpha value is -0.980. The van der Waals surface area contributed by atoms with Crippen LogP contribution in [-0.4, -0.2) is 13.1 Å². The SMILES string of the molecule is CC(C)c1ccc(N2CC3CC3C2)cc1. The van der Waals surface area contributed by atoms with Gasteiger partial charge in [-0.3, -0.25) is 0 Å². The largest absolute Gasteiger partial charge is 0.371 e. The van der Waals surface area contributed by atoms with Crippen LogP contribution in [0.15, 0.2) is 24.3 Å². The zero-order valence-corrected chi connectivity index (χ0v) is 9.61. The molecule has 0 amide bonds. The fraction of sp³-hybridized carbons (Fsp3) is 0.571. The molecule has 1 heterocycles. The van der Waals surface area contributed by atoms with E-state index < -0.39 is 0 Å². The van der Waals surface area contributed by atoms with Crippen molar-refractivity contribution in [3.8, 4) is 0 Å². The molecule has 1 aliphatic carbocycles. The van der Waals surface area contributed by atoms with Crippen LogP contribution in [0.5, 0.6) is 0 Å². The minimum Gasteiger partial charge on any atom is -0.371 e. The van der Waals surface area contributed by atoms with Crippen molar-refractivity contribution in [3.63, 3.8) is 0 Å². The van der Waals surface area contributed by atoms with Crippen LogP contribution in [-0.2, 0) is 0 Å². The van der Waals surface area contributed by atoms with E-state index in [1.54, 1.807) is 0 Å². The highest BCUT2D eigenvalue weighted by Gasteiger charge is 2.44. The maximum Gasteiger partial charge on any atom is 0.0366 e. The molecule has 1 saturated carbocycles. The molecule has 0 N–H and O–H groups in total. The molecule has 1 aliphatic heterocycles. The molecule has 1 aromatic rings. The Morgan fingerprint density at radius 2 is 1.67 bits per heavy atom. The van der Waals surface area contributed by atoms with E-state index in [1.807, 2.05) is 0 Å². The lowest BCUT2D eigenvalue weighted by atomic mass is 10.0. The van der Waals surface area contributed by atoms with E-state index in [4.69, 9.17) is 0 Å². The first-order chi connectivity index (χ1) is 7.24. The number of fused-ring (bicyclic) bond motifs is 1. The fourth-order valence-electron chi connectivity index (χ4n) is 2.68. The van der Waals surface area contributed by atoms with Crippen LogP contribution >= 0.6 is 0 Å². The molecule has 0 bridgehead atoms. The van der Waals surface area contributed by atoms with Crippen molar-refractivity contribution < 1.29 is 0 Å². The van der Waals surface area contributed by atoms with Crippen LogP contribution < -0.4 is 4.90 Å². The van der Waals surface area contributed by atoms with Gasteiger partial charge in [0.15, 0.2) is 0 Å². The fourth-order valence-corrected chi connectivity index (χ4v) is 2.68. The zero-order valence-electron chi connectivity index (χ0n) is 9.61. The van der Waals surface area contributed by atoms with Gasteiger partial charge in [-0.1, -0.05) is 26.0 Å². The number of benzene rings is 1. The third kappa shape index (κ3) is 1.64. The van der Waals surface area contributed by atoms with Gasteiger partial charge in [-0.25, -0.2) is 0 Å². The van der Waals surface area contributed by atoms with Crippen LogP contribution in [0, 0.1) is 11.8 Å². The molecular weight excluding hydrogens is 182 g/mol. The predicted octanol–water partition coefficient (Wildman–Crippen LogP) is 3.27. The van der Waals surface area contributed by atoms with Crippen molar-refractivity contribution in [2.45, 2.75) is 26.2 Å². The molecular formula is C14H19N. The molecule has 1 nitrogen and oxygen atoms in total. The Labute approximate surface area is 92.1 Å². The van der Waals surface area contributed by atoms with Gasteiger partial charge in [-0.2, -0.15) is 0 Å². The Bertz CT molecular complexity index is 342. The normalized spacial score (nSPS) is 28.3. The van der Waals surface area contributed by atoms with Gasteiger partial charge in [0.2, 0.25) is 0 Å². The van der Waals surface area contributed by atoms with Crippen molar-refractivity contribution in [2.24, 2.45) is 11.8 Å². The number of nitrogens with zero attached hydrogens (tertiary/aromatic N) is 1. The molecule has 1 heteroatoms. The summed E-state index contributed by atoms with van der Waals surface area (Å²) in [5.74, 6) is 2.69. The van der Waals surface area contributed by atoms with Crippen LogP contribution in [0.25, 0.3) is 0 Å². The number of rotatable bonds is 2. The highest BCUT2D eigenvalue weighted by atomic mass is 15.2. The van der Waals surface area contributed by atoms with Crippen LogP contribution in [0.2, 0.25) is 0 Å². The summed E-state index contributed by atoms with van der Waals surface area (Å²) in [5, 5.41) is 0. The molecule has 2 aliphatic rings. The minimum atomic E-state index is 0.644. The number of piperidine rings is 1. The van der Waals surface area contributed by atoms with Gasteiger partial charge in [-0.05, 0) is 41.9 Å². The lowest BCUT2D eigenvalue weighted by molar-refractivity contribution is 0.817.